The van der Waals surface area contributed by atoms with Crippen molar-refractivity contribution in [2.24, 2.45) is 0 Å². The topological polar surface area (TPSA) is 75.7 Å². The van der Waals surface area contributed by atoms with Gasteiger partial charge in [0.15, 0.2) is 9.84 Å². The molecular formula is C7H8ClN3O2S2. The van der Waals surface area contributed by atoms with Gasteiger partial charge in [-0.15, -0.1) is 5.10 Å². The van der Waals surface area contributed by atoms with E-state index < -0.39 is 9.84 Å². The Kier molecular flexibility index (Phi) is 2.78. The lowest BCUT2D eigenvalue weighted by atomic mass is 10.5. The quantitative estimate of drug-likeness (QED) is 0.866. The Hall–Kier alpha value is -0.530. The summed E-state index contributed by atoms with van der Waals surface area (Å²) in [6.07, 6.45) is 0. The third-order valence-electron chi connectivity index (χ3n) is 1.81. The lowest BCUT2D eigenvalue weighted by Crippen LogP contribution is -2.08. The maximum atomic E-state index is 11.2. The van der Waals surface area contributed by atoms with E-state index in [0.717, 1.165) is 5.41 Å². The molecule has 0 saturated heterocycles. The van der Waals surface area contributed by atoms with Gasteiger partial charge in [-0.2, -0.15) is 0 Å². The molecule has 1 N–H and O–H groups in total. The zero-order chi connectivity index (χ0) is 11.1. The molecule has 1 aliphatic heterocycles. The molecule has 0 aliphatic carbocycles. The molecule has 2 heterocycles. The summed E-state index contributed by atoms with van der Waals surface area (Å²) in [5, 5.41) is 8.26. The van der Waals surface area contributed by atoms with E-state index in [9.17, 15) is 8.42 Å². The highest BCUT2D eigenvalue weighted by Gasteiger charge is 2.30. The number of nitrogens with zero attached hydrogens (tertiary/aromatic N) is 2. The van der Waals surface area contributed by atoms with E-state index in [1.54, 1.807) is 6.92 Å². The van der Waals surface area contributed by atoms with Crippen molar-refractivity contribution in [1.82, 2.24) is 15.2 Å². The predicted octanol–water partition coefficient (Wildman–Crippen LogP) is 1.08. The first-order valence-corrected chi connectivity index (χ1v) is 7.09. The molecule has 5 nitrogen and oxygen atoms in total. The molecule has 0 radical (unpaired) electrons. The third-order valence-corrected chi connectivity index (χ3v) is 5.16. The normalized spacial score (nSPS) is 24.1. The Bertz CT molecular complexity index is 508. The molecule has 1 atom stereocenters. The van der Waals surface area contributed by atoms with Crippen LogP contribution in [0.25, 0.3) is 0 Å². The maximum Gasteiger partial charge on any atom is 0.209 e. The summed E-state index contributed by atoms with van der Waals surface area (Å²) in [6.45, 7) is 1.78. The Morgan fingerprint density at radius 3 is 2.87 bits per heavy atom. The van der Waals surface area contributed by atoms with Gasteiger partial charge >= 0.3 is 0 Å². The zero-order valence-corrected chi connectivity index (χ0v) is 10.2. The van der Waals surface area contributed by atoms with Crippen LogP contribution in [-0.4, -0.2) is 34.6 Å². The number of thioether (sulfide) groups is 1. The predicted molar refractivity (Wildman–Crippen MR) is 58.5 cm³/mol. The first-order chi connectivity index (χ1) is 6.96. The van der Waals surface area contributed by atoms with Crippen LogP contribution in [0.2, 0.25) is 0 Å². The van der Waals surface area contributed by atoms with Crippen LogP contribution >= 0.6 is 23.4 Å². The van der Waals surface area contributed by atoms with Crippen LogP contribution in [0, 0.1) is 6.92 Å². The number of nitrogens with one attached hydrogen (secondary N) is 1. The van der Waals surface area contributed by atoms with Crippen LogP contribution in [0.15, 0.2) is 15.6 Å². The largest absolute Gasteiger partial charge is 0.262 e. The third kappa shape index (κ3) is 2.53. The van der Waals surface area contributed by atoms with Gasteiger partial charge in [0, 0.05) is 10.4 Å². The van der Waals surface area contributed by atoms with Gasteiger partial charge in [0.05, 0.1) is 11.0 Å². The molecule has 0 saturated carbocycles. The molecule has 0 amide bonds. The molecule has 1 aromatic heterocycles. The summed E-state index contributed by atoms with van der Waals surface area (Å²) in [6, 6.07) is 0. The molecule has 0 aromatic carbocycles. The minimum Gasteiger partial charge on any atom is -0.262 e. The number of halogens is 1. The van der Waals surface area contributed by atoms with E-state index in [2.05, 4.69) is 15.2 Å². The van der Waals surface area contributed by atoms with Crippen molar-refractivity contribution < 1.29 is 8.42 Å². The summed E-state index contributed by atoms with van der Waals surface area (Å²) in [5.74, 6) is 0.711. The van der Waals surface area contributed by atoms with Gasteiger partial charge in [0.1, 0.15) is 5.82 Å². The summed E-state index contributed by atoms with van der Waals surface area (Å²) < 4.78 is 22.4. The Labute approximate surface area is 96.2 Å². The highest BCUT2D eigenvalue weighted by atomic mass is 35.5. The van der Waals surface area contributed by atoms with Gasteiger partial charge < -0.3 is 0 Å². The van der Waals surface area contributed by atoms with Crippen LogP contribution in [-0.2, 0) is 9.84 Å². The van der Waals surface area contributed by atoms with Crippen molar-refractivity contribution in [2.75, 3.05) is 5.75 Å². The Balaban J connectivity index is 2.13. The molecule has 82 valence electrons. The monoisotopic (exact) mass is 265 g/mol. The zero-order valence-electron chi connectivity index (χ0n) is 7.77. The van der Waals surface area contributed by atoms with E-state index in [0.29, 0.717) is 16.0 Å². The summed E-state index contributed by atoms with van der Waals surface area (Å²) in [5.41, 5.74) is 0. The maximum absolute atomic E-state index is 11.2. The number of aryl methyl sites for hydroxylation is 1. The minimum atomic E-state index is -3.14. The molecule has 0 bridgehead atoms. The fourth-order valence-corrected chi connectivity index (χ4v) is 4.74. The smallest absolute Gasteiger partial charge is 0.209 e. The molecule has 1 aliphatic rings. The van der Waals surface area contributed by atoms with Gasteiger partial charge in [0.25, 0.3) is 0 Å². The number of H-pyrrole nitrogens is 1. The number of sulfone groups is 1. The van der Waals surface area contributed by atoms with E-state index in [-0.39, 0.29) is 11.0 Å². The van der Waals surface area contributed by atoms with Crippen molar-refractivity contribution in [2.45, 2.75) is 17.3 Å². The van der Waals surface area contributed by atoms with Crippen LogP contribution in [0.3, 0.4) is 0 Å². The molecule has 0 fully saturated rings. The first kappa shape index (κ1) is 11.0. The van der Waals surface area contributed by atoms with Crippen molar-refractivity contribution >= 4 is 33.2 Å². The average molecular weight is 266 g/mol. The van der Waals surface area contributed by atoms with Crippen molar-refractivity contribution in [1.29, 1.82) is 0 Å². The standard InChI is InChI=1S/C7H8ClN3O2S2/c1-4-9-7(11-10-4)14-6-3-15(12,13)2-5(6)8/h2,6H,3H2,1H3,(H,9,10,11)/t6-/m0/s1. The number of rotatable bonds is 2. The highest BCUT2D eigenvalue weighted by molar-refractivity contribution is 8.02. The second-order valence-corrected chi connectivity index (χ2v) is 6.64. The van der Waals surface area contributed by atoms with Gasteiger partial charge in [0.2, 0.25) is 5.16 Å². The van der Waals surface area contributed by atoms with Crippen LogP contribution < -0.4 is 0 Å². The Morgan fingerprint density at radius 2 is 2.40 bits per heavy atom. The fourth-order valence-electron chi connectivity index (χ4n) is 1.18. The minimum absolute atomic E-state index is 0.0179. The number of hydrogen-bond donors (Lipinski definition) is 1. The lowest BCUT2D eigenvalue weighted by Gasteiger charge is -2.04. The summed E-state index contributed by atoms with van der Waals surface area (Å²) in [7, 11) is -3.14. The summed E-state index contributed by atoms with van der Waals surface area (Å²) >= 11 is 7.06. The molecule has 0 spiro atoms. The molecular weight excluding hydrogens is 258 g/mol. The highest BCUT2D eigenvalue weighted by Crippen LogP contribution is 2.33. The molecule has 8 heteroatoms. The van der Waals surface area contributed by atoms with Crippen LogP contribution in [0.1, 0.15) is 5.82 Å². The number of aromatic nitrogens is 3. The molecule has 1 aromatic rings. The van der Waals surface area contributed by atoms with Crippen molar-refractivity contribution in [3.63, 3.8) is 0 Å². The van der Waals surface area contributed by atoms with Gasteiger partial charge in [-0.1, -0.05) is 23.4 Å². The molecule has 15 heavy (non-hydrogen) atoms. The van der Waals surface area contributed by atoms with Gasteiger partial charge in [-0.05, 0) is 6.92 Å². The molecule has 2 rings (SSSR count). The van der Waals surface area contributed by atoms with E-state index >= 15 is 0 Å². The van der Waals surface area contributed by atoms with Gasteiger partial charge in [-0.3, -0.25) is 5.10 Å². The van der Waals surface area contributed by atoms with Crippen molar-refractivity contribution in [3.8, 4) is 0 Å². The second kappa shape index (κ2) is 3.80. The number of aromatic amines is 1. The van der Waals surface area contributed by atoms with E-state index in [1.807, 2.05) is 0 Å². The summed E-state index contributed by atoms with van der Waals surface area (Å²) in [4.78, 5) is 4.07. The Morgan fingerprint density at radius 1 is 1.67 bits per heavy atom. The van der Waals surface area contributed by atoms with Crippen LogP contribution in [0.4, 0.5) is 0 Å². The first-order valence-electron chi connectivity index (χ1n) is 4.12. The van der Waals surface area contributed by atoms with E-state index in [1.165, 1.54) is 11.8 Å². The second-order valence-electron chi connectivity index (χ2n) is 3.14. The lowest BCUT2D eigenvalue weighted by molar-refractivity contribution is 0.606. The number of hydrogen-bond acceptors (Lipinski definition) is 5. The average Bonchev–Trinajstić information content (AvgIpc) is 2.58. The fraction of sp³-hybridized carbons (Fsp3) is 0.429. The van der Waals surface area contributed by atoms with E-state index in [4.69, 9.17) is 11.6 Å². The van der Waals surface area contributed by atoms with Crippen LogP contribution in [0.5, 0.6) is 0 Å². The SMILES string of the molecule is Cc1nc(S[C@H]2CS(=O)(=O)C=C2Cl)n[nH]1. The van der Waals surface area contributed by atoms with Crippen molar-refractivity contribution in [3.05, 3.63) is 16.3 Å². The van der Waals surface area contributed by atoms with Gasteiger partial charge in [-0.25, -0.2) is 13.4 Å². The molecule has 0 unspecified atom stereocenters.